The Morgan fingerprint density at radius 3 is 2.72 bits per heavy atom. The van der Waals surface area contributed by atoms with Crippen molar-refractivity contribution in [1.82, 2.24) is 9.97 Å². The number of hydrogen-bond donors (Lipinski definition) is 2. The summed E-state index contributed by atoms with van der Waals surface area (Å²) < 4.78 is 0. The fourth-order valence-corrected chi connectivity index (χ4v) is 4.10. The fourth-order valence-electron chi connectivity index (χ4n) is 2.80. The number of aromatic amines is 1. The number of nitrogens with one attached hydrogen (secondary N) is 1. The smallest absolute Gasteiger partial charge is 0.291 e. The zero-order valence-electron chi connectivity index (χ0n) is 13.9. The fraction of sp³-hybridized carbons (Fsp3) is 0.412. The summed E-state index contributed by atoms with van der Waals surface area (Å²) in [6.45, 7) is 4.43. The number of H-pyrrole nitrogens is 1. The Morgan fingerprint density at radius 2 is 2.08 bits per heavy atom. The Labute approximate surface area is 160 Å². The zero-order chi connectivity index (χ0) is 18.0. The Morgan fingerprint density at radius 1 is 1.36 bits per heavy atom. The summed E-state index contributed by atoms with van der Waals surface area (Å²) in [4.78, 5) is 22.5. The number of rotatable bonds is 4. The van der Waals surface area contributed by atoms with E-state index in [1.807, 2.05) is 17.0 Å². The van der Waals surface area contributed by atoms with Crippen LogP contribution in [-0.4, -0.2) is 29.6 Å². The number of piperidine rings is 1. The number of benzene rings is 1. The maximum atomic E-state index is 12.5. The van der Waals surface area contributed by atoms with E-state index in [-0.39, 0.29) is 11.0 Å². The number of aromatic nitrogens is 2. The highest BCUT2D eigenvalue weighted by atomic mass is 35.5. The van der Waals surface area contributed by atoms with Gasteiger partial charge in [0.25, 0.3) is 5.56 Å². The molecule has 3 rings (SSSR count). The second kappa shape index (κ2) is 7.58. The third-order valence-electron chi connectivity index (χ3n) is 4.64. The van der Waals surface area contributed by atoms with Gasteiger partial charge in [0.15, 0.2) is 5.82 Å². The van der Waals surface area contributed by atoms with Crippen molar-refractivity contribution in [3.63, 3.8) is 0 Å². The minimum atomic E-state index is -0.195. The van der Waals surface area contributed by atoms with Crippen molar-refractivity contribution in [2.75, 3.05) is 24.5 Å². The van der Waals surface area contributed by atoms with Crippen molar-refractivity contribution in [2.24, 2.45) is 11.1 Å². The molecule has 0 spiro atoms. The van der Waals surface area contributed by atoms with Crippen molar-refractivity contribution in [2.45, 2.75) is 29.7 Å². The topological polar surface area (TPSA) is 75.0 Å². The molecule has 3 N–H and O–H groups in total. The molecule has 0 atom stereocenters. The third-order valence-corrected chi connectivity index (χ3v) is 6.56. The molecule has 0 unspecified atom stereocenters. The van der Waals surface area contributed by atoms with Gasteiger partial charge >= 0.3 is 0 Å². The van der Waals surface area contributed by atoms with Gasteiger partial charge in [0.05, 0.1) is 21.3 Å². The van der Waals surface area contributed by atoms with Crippen LogP contribution >= 0.6 is 35.0 Å². The summed E-state index contributed by atoms with van der Waals surface area (Å²) in [7, 11) is 0. The molecular weight excluding hydrogens is 379 g/mol. The summed E-state index contributed by atoms with van der Waals surface area (Å²) in [5.41, 5.74) is 5.80. The highest BCUT2D eigenvalue weighted by Gasteiger charge is 2.30. The summed E-state index contributed by atoms with van der Waals surface area (Å²) >= 11 is 13.5. The van der Waals surface area contributed by atoms with Gasteiger partial charge in [0, 0.05) is 18.0 Å². The monoisotopic (exact) mass is 398 g/mol. The van der Waals surface area contributed by atoms with Crippen LogP contribution in [-0.2, 0) is 0 Å². The molecule has 5 nitrogen and oxygen atoms in total. The van der Waals surface area contributed by atoms with Crippen molar-refractivity contribution >= 4 is 40.8 Å². The van der Waals surface area contributed by atoms with E-state index in [0.717, 1.165) is 30.8 Å². The predicted octanol–water partition coefficient (Wildman–Crippen LogP) is 3.79. The lowest BCUT2D eigenvalue weighted by atomic mass is 9.80. The first-order chi connectivity index (χ1) is 11.9. The normalized spacial score (nSPS) is 16.9. The molecule has 134 valence electrons. The van der Waals surface area contributed by atoms with Crippen LogP contribution in [0.3, 0.4) is 0 Å². The van der Waals surface area contributed by atoms with Gasteiger partial charge in [-0.2, -0.15) is 0 Å². The number of halogens is 2. The molecule has 0 saturated carbocycles. The molecule has 0 bridgehead atoms. The van der Waals surface area contributed by atoms with Crippen molar-refractivity contribution in [3.8, 4) is 0 Å². The van der Waals surface area contributed by atoms with Gasteiger partial charge < -0.3 is 15.6 Å². The first kappa shape index (κ1) is 18.6. The molecule has 1 saturated heterocycles. The standard InChI is InChI=1S/C17H20Cl2N4OS/c1-17(10-20)5-7-23(8-6-17)15-16(24)22-13(9-21-15)25-12-4-2-3-11(18)14(12)19/h2-4,9H,5-8,10,20H2,1H3,(H,22,24). The second-order valence-corrected chi connectivity index (χ2v) is 8.42. The highest BCUT2D eigenvalue weighted by Crippen LogP contribution is 2.36. The molecule has 2 aromatic rings. The van der Waals surface area contributed by atoms with Gasteiger partial charge in [-0.3, -0.25) is 4.79 Å². The molecule has 25 heavy (non-hydrogen) atoms. The van der Waals surface area contributed by atoms with E-state index in [1.54, 1.807) is 12.3 Å². The molecule has 1 aromatic heterocycles. The van der Waals surface area contributed by atoms with Crippen molar-refractivity contribution in [3.05, 3.63) is 44.8 Å². The molecule has 0 aliphatic carbocycles. The zero-order valence-corrected chi connectivity index (χ0v) is 16.2. The van der Waals surface area contributed by atoms with Gasteiger partial charge in [-0.1, -0.05) is 48.0 Å². The molecule has 1 fully saturated rings. The quantitative estimate of drug-likeness (QED) is 0.818. The van der Waals surface area contributed by atoms with E-state index >= 15 is 0 Å². The van der Waals surface area contributed by atoms with Crippen molar-refractivity contribution < 1.29 is 0 Å². The largest absolute Gasteiger partial charge is 0.352 e. The Kier molecular flexibility index (Phi) is 5.63. The Bertz CT molecular complexity index is 819. The predicted molar refractivity (Wildman–Crippen MR) is 104 cm³/mol. The lowest BCUT2D eigenvalue weighted by Crippen LogP contribution is -2.44. The lowest BCUT2D eigenvalue weighted by Gasteiger charge is -2.38. The van der Waals surface area contributed by atoms with E-state index < -0.39 is 0 Å². The van der Waals surface area contributed by atoms with Crippen LogP contribution in [0.25, 0.3) is 0 Å². The minimum absolute atomic E-state index is 0.155. The second-order valence-electron chi connectivity index (χ2n) is 6.56. The minimum Gasteiger partial charge on any atom is -0.352 e. The average Bonchev–Trinajstić information content (AvgIpc) is 2.60. The van der Waals surface area contributed by atoms with Crippen LogP contribution < -0.4 is 16.2 Å². The van der Waals surface area contributed by atoms with E-state index in [9.17, 15) is 4.79 Å². The molecule has 2 heterocycles. The molecule has 1 aliphatic heterocycles. The first-order valence-electron chi connectivity index (χ1n) is 8.08. The van der Waals surface area contributed by atoms with Gasteiger partial charge in [-0.05, 0) is 36.9 Å². The van der Waals surface area contributed by atoms with Crippen LogP contribution in [0.4, 0.5) is 5.82 Å². The summed E-state index contributed by atoms with van der Waals surface area (Å²) in [6.07, 6.45) is 3.58. The van der Waals surface area contributed by atoms with Gasteiger partial charge in [-0.15, -0.1) is 0 Å². The van der Waals surface area contributed by atoms with Crippen LogP contribution in [0.5, 0.6) is 0 Å². The van der Waals surface area contributed by atoms with E-state index in [0.29, 0.717) is 27.4 Å². The maximum absolute atomic E-state index is 12.5. The summed E-state index contributed by atoms with van der Waals surface area (Å²) in [5, 5.41) is 1.58. The third kappa shape index (κ3) is 4.14. The molecule has 0 amide bonds. The number of hydrogen-bond acceptors (Lipinski definition) is 5. The van der Waals surface area contributed by atoms with E-state index in [4.69, 9.17) is 28.9 Å². The molecule has 0 radical (unpaired) electrons. The Hall–Kier alpha value is -1.21. The van der Waals surface area contributed by atoms with Crippen LogP contribution in [0.1, 0.15) is 19.8 Å². The highest BCUT2D eigenvalue weighted by molar-refractivity contribution is 7.99. The number of nitrogens with two attached hydrogens (primary N) is 1. The SMILES string of the molecule is CC1(CN)CCN(c2ncc(Sc3cccc(Cl)c3Cl)[nH]c2=O)CC1. The molecule has 8 heteroatoms. The van der Waals surface area contributed by atoms with Crippen LogP contribution in [0.2, 0.25) is 10.0 Å². The summed E-state index contributed by atoms with van der Waals surface area (Å²) in [6, 6.07) is 5.39. The number of anilines is 1. The maximum Gasteiger partial charge on any atom is 0.291 e. The van der Waals surface area contributed by atoms with Crippen LogP contribution in [0.15, 0.2) is 39.1 Å². The van der Waals surface area contributed by atoms with E-state index in [2.05, 4.69) is 16.9 Å². The van der Waals surface area contributed by atoms with Gasteiger partial charge in [-0.25, -0.2) is 4.98 Å². The molecule has 1 aliphatic rings. The lowest BCUT2D eigenvalue weighted by molar-refractivity contribution is 0.257. The molecular formula is C17H20Cl2N4OS. The average molecular weight is 399 g/mol. The Balaban J connectivity index is 1.76. The van der Waals surface area contributed by atoms with Gasteiger partial charge in [0.2, 0.25) is 0 Å². The van der Waals surface area contributed by atoms with Crippen molar-refractivity contribution in [1.29, 1.82) is 0 Å². The summed E-state index contributed by atoms with van der Waals surface area (Å²) in [5.74, 6) is 0.459. The van der Waals surface area contributed by atoms with Gasteiger partial charge in [0.1, 0.15) is 0 Å². The number of nitrogens with zero attached hydrogens (tertiary/aromatic N) is 2. The van der Waals surface area contributed by atoms with Crippen LogP contribution in [0, 0.1) is 5.41 Å². The first-order valence-corrected chi connectivity index (χ1v) is 9.65. The molecule has 1 aromatic carbocycles. The van der Waals surface area contributed by atoms with E-state index in [1.165, 1.54) is 11.8 Å².